The summed E-state index contributed by atoms with van der Waals surface area (Å²) in [5.41, 5.74) is 0.599. The van der Waals surface area contributed by atoms with E-state index in [4.69, 9.17) is 0 Å². The predicted octanol–water partition coefficient (Wildman–Crippen LogP) is 5.62. The number of piperidine rings is 2. The van der Waals surface area contributed by atoms with Crippen LogP contribution in [0.5, 0.6) is 0 Å². The van der Waals surface area contributed by atoms with Crippen molar-refractivity contribution in [1.82, 2.24) is 4.90 Å². The summed E-state index contributed by atoms with van der Waals surface area (Å²) in [5, 5.41) is 4.09. The molecule has 2 saturated heterocycles. The van der Waals surface area contributed by atoms with E-state index in [0.717, 1.165) is 17.2 Å². The summed E-state index contributed by atoms with van der Waals surface area (Å²) in [6.45, 7) is 3.67. The first kappa shape index (κ1) is 16.4. The molecule has 3 fully saturated rings. The lowest BCUT2D eigenvalue weighted by Gasteiger charge is -2.61. The molecule has 4 aliphatic rings. The Kier molecular flexibility index (Phi) is 4.99. The molecule has 5 atom stereocenters. The van der Waals surface area contributed by atoms with Crippen LogP contribution in [0.3, 0.4) is 0 Å². The zero-order valence-corrected chi connectivity index (χ0v) is 15.8. The highest BCUT2D eigenvalue weighted by molar-refractivity contribution is 8.18. The number of hydrogen-bond acceptors (Lipinski definition) is 2. The molecule has 1 spiro atoms. The molecule has 0 N–H and O–H groups in total. The van der Waals surface area contributed by atoms with E-state index < -0.39 is 0 Å². The minimum absolute atomic E-state index is 0.227. The van der Waals surface area contributed by atoms with Gasteiger partial charge in [-0.15, -0.1) is 0 Å². The van der Waals surface area contributed by atoms with Gasteiger partial charge in [0.25, 0.3) is 0 Å². The second-order valence-corrected chi connectivity index (χ2v) is 10.1. The molecule has 0 aromatic rings. The topological polar surface area (TPSA) is 15.6 Å². The molecular formula is C20H34N2S. The highest BCUT2D eigenvalue weighted by Crippen LogP contribution is 2.53. The summed E-state index contributed by atoms with van der Waals surface area (Å²) in [5.74, 6) is 1.01. The SMILES string of the molecule is CCCCCCC1CCC2CCCCC23CCC(S2=C=N2)CN13. The van der Waals surface area contributed by atoms with E-state index in [1.165, 1.54) is 90.0 Å². The van der Waals surface area contributed by atoms with Crippen molar-refractivity contribution in [1.29, 1.82) is 0 Å². The number of isothiocyanates is 1. The molecule has 5 unspecified atom stereocenters. The lowest BCUT2D eigenvalue weighted by atomic mass is 9.62. The van der Waals surface area contributed by atoms with Crippen molar-refractivity contribution in [2.24, 2.45) is 10.3 Å². The zero-order valence-electron chi connectivity index (χ0n) is 14.9. The Balaban J connectivity index is 1.47. The zero-order chi connectivity index (χ0) is 15.7. The van der Waals surface area contributed by atoms with E-state index in [1.54, 1.807) is 0 Å². The van der Waals surface area contributed by atoms with Crippen molar-refractivity contribution in [3.63, 3.8) is 0 Å². The summed E-state index contributed by atoms with van der Waals surface area (Å²) < 4.78 is 4.43. The molecule has 0 bridgehead atoms. The summed E-state index contributed by atoms with van der Waals surface area (Å²) in [7, 11) is 0.227. The van der Waals surface area contributed by atoms with E-state index in [1.807, 2.05) is 0 Å². The van der Waals surface area contributed by atoms with Gasteiger partial charge in [0.05, 0.1) is 0 Å². The van der Waals surface area contributed by atoms with Gasteiger partial charge in [0, 0.05) is 39.2 Å². The van der Waals surface area contributed by atoms with Gasteiger partial charge in [-0.3, -0.25) is 4.90 Å². The molecule has 1 saturated carbocycles. The van der Waals surface area contributed by atoms with Crippen LogP contribution in [0.15, 0.2) is 4.40 Å². The van der Waals surface area contributed by atoms with Gasteiger partial charge in [-0.05, 0) is 50.9 Å². The summed E-state index contributed by atoms with van der Waals surface area (Å²) >= 11 is 0. The molecule has 23 heavy (non-hydrogen) atoms. The van der Waals surface area contributed by atoms with Crippen molar-refractivity contribution in [2.75, 3.05) is 6.54 Å². The van der Waals surface area contributed by atoms with Crippen LogP contribution in [0.25, 0.3) is 0 Å². The Labute approximate surface area is 145 Å². The van der Waals surface area contributed by atoms with Crippen molar-refractivity contribution >= 4 is 15.8 Å². The Hall–Kier alpha value is -0.110. The first-order valence-corrected chi connectivity index (χ1v) is 11.5. The highest BCUT2D eigenvalue weighted by Gasteiger charge is 2.53. The van der Waals surface area contributed by atoms with Gasteiger partial charge in [-0.25, -0.2) is 0 Å². The predicted molar refractivity (Wildman–Crippen MR) is 101 cm³/mol. The third kappa shape index (κ3) is 3.22. The Morgan fingerprint density at radius 3 is 2.83 bits per heavy atom. The van der Waals surface area contributed by atoms with Crippen molar-refractivity contribution in [3.05, 3.63) is 0 Å². The van der Waals surface area contributed by atoms with Crippen LogP contribution in [-0.2, 0) is 0 Å². The lowest BCUT2D eigenvalue weighted by Crippen LogP contribution is -2.65. The molecule has 3 heterocycles. The molecule has 0 amide bonds. The van der Waals surface area contributed by atoms with Gasteiger partial charge in [0.15, 0.2) is 0 Å². The van der Waals surface area contributed by atoms with E-state index in [0.29, 0.717) is 5.54 Å². The quantitative estimate of drug-likeness (QED) is 0.455. The first-order valence-electron chi connectivity index (χ1n) is 10.3. The maximum atomic E-state index is 4.43. The number of hydrogen-bond donors (Lipinski definition) is 0. The van der Waals surface area contributed by atoms with E-state index in [2.05, 4.69) is 21.4 Å². The van der Waals surface area contributed by atoms with Crippen LogP contribution in [0, 0.1) is 5.92 Å². The fraction of sp³-hybridized carbons (Fsp3) is 0.950. The maximum absolute atomic E-state index is 4.43. The first-order chi connectivity index (χ1) is 11.3. The lowest BCUT2D eigenvalue weighted by molar-refractivity contribution is -0.0926. The third-order valence-corrected chi connectivity index (χ3v) is 8.65. The monoisotopic (exact) mass is 334 g/mol. The van der Waals surface area contributed by atoms with Crippen LogP contribution in [-0.4, -0.2) is 33.4 Å². The molecule has 0 aromatic carbocycles. The average Bonchev–Trinajstić information content (AvgIpc) is 3.42. The highest BCUT2D eigenvalue weighted by atomic mass is 32.2. The van der Waals surface area contributed by atoms with Gasteiger partial charge >= 0.3 is 0 Å². The van der Waals surface area contributed by atoms with Crippen molar-refractivity contribution < 1.29 is 0 Å². The van der Waals surface area contributed by atoms with Gasteiger partial charge in [-0.1, -0.05) is 45.4 Å². The second kappa shape index (κ2) is 7.02. The summed E-state index contributed by atoms with van der Waals surface area (Å²) in [6, 6.07) is 0.882. The fourth-order valence-corrected chi connectivity index (χ4v) is 7.10. The smallest absolute Gasteiger partial charge is 0.0493 e. The van der Waals surface area contributed by atoms with Crippen LogP contribution < -0.4 is 0 Å². The summed E-state index contributed by atoms with van der Waals surface area (Å²) in [6.07, 6.45) is 19.0. The molecule has 1 aliphatic carbocycles. The minimum Gasteiger partial charge on any atom is -0.293 e. The van der Waals surface area contributed by atoms with Gasteiger partial charge < -0.3 is 0 Å². The van der Waals surface area contributed by atoms with E-state index >= 15 is 0 Å². The molecule has 0 radical (unpaired) electrons. The molecule has 3 heteroatoms. The van der Waals surface area contributed by atoms with Crippen molar-refractivity contribution in [2.45, 2.75) is 107 Å². The number of rotatable bonds is 6. The molecule has 130 valence electrons. The van der Waals surface area contributed by atoms with Crippen LogP contribution in [0.4, 0.5) is 0 Å². The molecule has 3 aliphatic heterocycles. The summed E-state index contributed by atoms with van der Waals surface area (Å²) in [4.78, 5) is 3.06. The fourth-order valence-electron chi connectivity index (χ4n) is 5.98. The van der Waals surface area contributed by atoms with Crippen LogP contribution in [0.1, 0.15) is 90.4 Å². The molecule has 0 aromatic heterocycles. The average molecular weight is 335 g/mol. The van der Waals surface area contributed by atoms with Crippen LogP contribution in [0.2, 0.25) is 0 Å². The normalized spacial score (nSPS) is 42.7. The Morgan fingerprint density at radius 2 is 2.00 bits per heavy atom. The maximum Gasteiger partial charge on any atom is 0.0493 e. The minimum atomic E-state index is 0.227. The number of nitrogens with zero attached hydrogens (tertiary/aromatic N) is 2. The molecule has 4 rings (SSSR count). The van der Waals surface area contributed by atoms with Gasteiger partial charge in [0.2, 0.25) is 0 Å². The van der Waals surface area contributed by atoms with Crippen LogP contribution >= 0.6 is 10.7 Å². The standard InChI is InChI=1S/C20H34N2S/c1-2-3-4-5-9-18-11-10-17-8-6-7-13-20(17)14-12-19(15-22(18)20)23-16-21-23/h17-19H,2-15H2,1H3. The molecule has 2 nitrogen and oxygen atoms in total. The second-order valence-electron chi connectivity index (χ2n) is 8.44. The van der Waals surface area contributed by atoms with Gasteiger partial charge in [-0.2, -0.15) is 4.40 Å². The third-order valence-electron chi connectivity index (χ3n) is 7.24. The van der Waals surface area contributed by atoms with Gasteiger partial charge in [0.1, 0.15) is 0 Å². The Morgan fingerprint density at radius 1 is 1.09 bits per heavy atom. The Bertz CT molecular complexity index is 496. The molecular weight excluding hydrogens is 300 g/mol. The number of unbranched alkanes of at least 4 members (excludes halogenated alkanes) is 3. The largest absolute Gasteiger partial charge is 0.293 e. The van der Waals surface area contributed by atoms with E-state index in [9.17, 15) is 0 Å². The van der Waals surface area contributed by atoms with Crippen molar-refractivity contribution in [3.8, 4) is 0 Å². The van der Waals surface area contributed by atoms with E-state index in [-0.39, 0.29) is 10.7 Å².